The Morgan fingerprint density at radius 3 is 2.16 bits per heavy atom. The summed E-state index contributed by atoms with van der Waals surface area (Å²) in [5, 5.41) is 3.11. The van der Waals surface area contributed by atoms with Gasteiger partial charge in [-0.3, -0.25) is 0 Å². The van der Waals surface area contributed by atoms with Crippen molar-refractivity contribution in [2.45, 2.75) is 110 Å². The number of amides is 2. The normalized spacial score (nSPS) is 14.0. The standard InChI is InChI=1S/C32H47N7O4/c1-31(2,3)42-29(40)38(18-11-19-39(25-12-9-8-10-13-25)30(41)43-32(4,5)6)22-24-16-14-23(15-17-24)20-35-28-36-21-26(34-7)27(33)37-28/h14-17,21,25H,8-13,18-20,22H2,1-6H3,(H3,33,35,36,37). The van der Waals surface area contributed by atoms with Crippen LogP contribution in [0.5, 0.6) is 0 Å². The summed E-state index contributed by atoms with van der Waals surface area (Å²) in [7, 11) is 0. The first-order valence-electron chi connectivity index (χ1n) is 15.0. The lowest BCUT2D eigenvalue weighted by Crippen LogP contribution is -2.45. The fourth-order valence-electron chi connectivity index (χ4n) is 4.85. The van der Waals surface area contributed by atoms with Crippen LogP contribution >= 0.6 is 0 Å². The van der Waals surface area contributed by atoms with E-state index in [9.17, 15) is 9.59 Å². The van der Waals surface area contributed by atoms with Gasteiger partial charge in [0, 0.05) is 38.4 Å². The summed E-state index contributed by atoms with van der Waals surface area (Å²) in [6.45, 7) is 20.0. The fourth-order valence-corrected chi connectivity index (χ4v) is 4.85. The zero-order valence-electron chi connectivity index (χ0n) is 26.5. The van der Waals surface area contributed by atoms with Gasteiger partial charge in [0.05, 0.1) is 6.57 Å². The highest BCUT2D eigenvalue weighted by Crippen LogP contribution is 2.25. The van der Waals surface area contributed by atoms with Gasteiger partial charge in [0.15, 0.2) is 0 Å². The molecule has 43 heavy (non-hydrogen) atoms. The Labute approximate surface area is 256 Å². The van der Waals surface area contributed by atoms with Gasteiger partial charge >= 0.3 is 12.2 Å². The van der Waals surface area contributed by atoms with Crippen LogP contribution in [-0.2, 0) is 22.6 Å². The molecular weight excluding hydrogens is 546 g/mol. The van der Waals surface area contributed by atoms with Crippen molar-refractivity contribution in [2.75, 3.05) is 24.1 Å². The lowest BCUT2D eigenvalue weighted by Gasteiger charge is -2.36. The summed E-state index contributed by atoms with van der Waals surface area (Å²) in [5.74, 6) is 0.483. The van der Waals surface area contributed by atoms with Crippen molar-refractivity contribution >= 4 is 29.6 Å². The van der Waals surface area contributed by atoms with E-state index in [4.69, 9.17) is 21.8 Å². The first-order valence-corrected chi connectivity index (χ1v) is 15.0. The third kappa shape index (κ3) is 11.3. The van der Waals surface area contributed by atoms with Gasteiger partial charge in [-0.2, -0.15) is 0 Å². The number of hydrogen-bond donors (Lipinski definition) is 2. The minimum atomic E-state index is -0.631. The molecule has 0 aliphatic heterocycles. The van der Waals surface area contributed by atoms with Gasteiger partial charge in [-0.15, -0.1) is 0 Å². The molecule has 0 atom stereocenters. The molecule has 3 rings (SSSR count). The summed E-state index contributed by atoms with van der Waals surface area (Å²) in [6, 6.07) is 8.05. The van der Waals surface area contributed by atoms with Crippen LogP contribution in [0, 0.1) is 6.57 Å². The van der Waals surface area contributed by atoms with E-state index in [-0.39, 0.29) is 23.6 Å². The number of carbonyl (C=O) groups excluding carboxylic acids is 2. The zero-order valence-corrected chi connectivity index (χ0v) is 26.5. The molecule has 0 spiro atoms. The average molecular weight is 594 g/mol. The van der Waals surface area contributed by atoms with Gasteiger partial charge in [0.1, 0.15) is 17.0 Å². The quantitative estimate of drug-likeness (QED) is 0.284. The Balaban J connectivity index is 1.65. The molecule has 2 aromatic rings. The molecule has 1 aromatic heterocycles. The van der Waals surface area contributed by atoms with Crippen LogP contribution in [0.15, 0.2) is 30.5 Å². The third-order valence-electron chi connectivity index (χ3n) is 6.89. The number of nitrogens with zero attached hydrogens (tertiary/aromatic N) is 5. The Morgan fingerprint density at radius 1 is 0.977 bits per heavy atom. The molecule has 1 saturated carbocycles. The summed E-state index contributed by atoms with van der Waals surface area (Å²) >= 11 is 0. The zero-order chi connectivity index (χ0) is 31.6. The third-order valence-corrected chi connectivity index (χ3v) is 6.89. The van der Waals surface area contributed by atoms with Crippen molar-refractivity contribution in [3.63, 3.8) is 0 Å². The van der Waals surface area contributed by atoms with Crippen molar-refractivity contribution < 1.29 is 19.1 Å². The van der Waals surface area contributed by atoms with E-state index >= 15 is 0 Å². The van der Waals surface area contributed by atoms with Gasteiger partial charge in [-0.25, -0.2) is 24.4 Å². The molecule has 1 aromatic carbocycles. The average Bonchev–Trinajstić information content (AvgIpc) is 2.93. The van der Waals surface area contributed by atoms with E-state index in [1.807, 2.05) is 70.7 Å². The van der Waals surface area contributed by atoms with E-state index in [1.165, 1.54) is 12.6 Å². The molecule has 0 bridgehead atoms. The SMILES string of the molecule is [C-]#[N+]c1cnc(NCc2ccc(CN(CCCN(C(=O)OC(C)(C)C)C3CCCCC3)C(=O)OC(C)(C)C)cc2)nc1N. The van der Waals surface area contributed by atoms with Crippen LogP contribution in [0.25, 0.3) is 4.85 Å². The van der Waals surface area contributed by atoms with Crippen molar-refractivity contribution in [3.05, 3.63) is 53.0 Å². The highest BCUT2D eigenvalue weighted by atomic mass is 16.6. The number of hydrogen-bond acceptors (Lipinski definition) is 8. The highest BCUT2D eigenvalue weighted by Gasteiger charge is 2.30. The minimum Gasteiger partial charge on any atom is -0.444 e. The first-order chi connectivity index (χ1) is 20.2. The van der Waals surface area contributed by atoms with Crippen molar-refractivity contribution in [1.29, 1.82) is 0 Å². The number of nitrogens with two attached hydrogens (primary N) is 1. The van der Waals surface area contributed by atoms with Crippen LogP contribution in [0.3, 0.4) is 0 Å². The van der Waals surface area contributed by atoms with Crippen LogP contribution < -0.4 is 11.1 Å². The fraction of sp³-hybridized carbons (Fsp3) is 0.594. The number of nitrogens with one attached hydrogen (secondary N) is 1. The van der Waals surface area contributed by atoms with Gasteiger partial charge in [-0.1, -0.05) is 43.5 Å². The predicted octanol–water partition coefficient (Wildman–Crippen LogP) is 6.92. The number of ether oxygens (including phenoxy) is 2. The molecule has 1 aliphatic carbocycles. The molecule has 11 nitrogen and oxygen atoms in total. The predicted molar refractivity (Wildman–Crippen MR) is 168 cm³/mol. The smallest absolute Gasteiger partial charge is 0.410 e. The second kappa shape index (κ2) is 14.9. The second-order valence-corrected chi connectivity index (χ2v) is 13.0. The number of benzene rings is 1. The summed E-state index contributed by atoms with van der Waals surface area (Å²) < 4.78 is 11.5. The number of rotatable bonds is 10. The summed E-state index contributed by atoms with van der Waals surface area (Å²) in [6.07, 6.45) is 6.67. The van der Waals surface area contributed by atoms with Gasteiger partial charge in [0.2, 0.25) is 11.6 Å². The maximum Gasteiger partial charge on any atom is 0.410 e. The molecule has 234 valence electrons. The largest absolute Gasteiger partial charge is 0.444 e. The van der Waals surface area contributed by atoms with E-state index in [2.05, 4.69) is 20.1 Å². The van der Waals surface area contributed by atoms with Crippen molar-refractivity contribution in [1.82, 2.24) is 19.8 Å². The van der Waals surface area contributed by atoms with Gasteiger partial charge in [0.25, 0.3) is 0 Å². The highest BCUT2D eigenvalue weighted by molar-refractivity contribution is 5.69. The molecule has 0 unspecified atom stereocenters. The Hall–Kier alpha value is -4.07. The second-order valence-electron chi connectivity index (χ2n) is 13.0. The van der Waals surface area contributed by atoms with Crippen LogP contribution in [0.4, 0.5) is 27.0 Å². The molecule has 0 radical (unpaired) electrons. The molecule has 11 heteroatoms. The molecule has 0 saturated heterocycles. The van der Waals surface area contributed by atoms with Crippen LogP contribution in [0.2, 0.25) is 0 Å². The lowest BCUT2D eigenvalue weighted by molar-refractivity contribution is 0.00970. The molecular formula is C32H47N7O4. The Kier molecular flexibility index (Phi) is 11.6. The molecule has 1 heterocycles. The number of anilines is 2. The Bertz CT molecular complexity index is 1260. The monoisotopic (exact) mass is 593 g/mol. The molecule has 2 amide bonds. The van der Waals surface area contributed by atoms with E-state index in [0.29, 0.717) is 38.5 Å². The summed E-state index contributed by atoms with van der Waals surface area (Å²) in [4.78, 5) is 41.4. The van der Waals surface area contributed by atoms with E-state index in [0.717, 1.165) is 36.8 Å². The van der Waals surface area contributed by atoms with E-state index < -0.39 is 17.3 Å². The maximum absolute atomic E-state index is 13.2. The molecule has 1 aliphatic rings. The van der Waals surface area contributed by atoms with E-state index in [1.54, 1.807) is 4.90 Å². The van der Waals surface area contributed by atoms with Gasteiger partial charge < -0.3 is 30.3 Å². The number of nitrogen functional groups attached to an aromatic ring is 1. The molecule has 3 N–H and O–H groups in total. The number of aromatic nitrogens is 2. The first kappa shape index (κ1) is 33.4. The van der Waals surface area contributed by atoms with Crippen molar-refractivity contribution in [3.8, 4) is 0 Å². The van der Waals surface area contributed by atoms with Crippen LogP contribution in [0.1, 0.15) is 91.2 Å². The summed E-state index contributed by atoms with van der Waals surface area (Å²) in [5.41, 5.74) is 6.74. The lowest BCUT2D eigenvalue weighted by atomic mass is 9.94. The van der Waals surface area contributed by atoms with Crippen molar-refractivity contribution in [2.24, 2.45) is 0 Å². The maximum atomic E-state index is 13.2. The van der Waals surface area contributed by atoms with Crippen LogP contribution in [-0.4, -0.2) is 62.3 Å². The number of carbonyl (C=O) groups is 2. The Morgan fingerprint density at radius 2 is 1.58 bits per heavy atom. The minimum absolute atomic E-state index is 0.137. The topological polar surface area (TPSA) is 127 Å². The molecule has 1 fully saturated rings. The van der Waals surface area contributed by atoms with Gasteiger partial charge in [-0.05, 0) is 71.9 Å².